The highest BCUT2D eigenvalue weighted by Gasteiger charge is 2.20. The zero-order valence-electron chi connectivity index (χ0n) is 30.5. The number of aliphatic hydroxyl groups is 3. The Morgan fingerprint density at radius 1 is 0.543 bits per heavy atom. The third-order valence-electron chi connectivity index (χ3n) is 8.90. The highest BCUT2D eigenvalue weighted by molar-refractivity contribution is 5.76. The largest absolute Gasteiger partial charge is 0.394 e. The molecule has 3 unspecified atom stereocenters. The van der Waals surface area contributed by atoms with Gasteiger partial charge in [-0.3, -0.25) is 4.79 Å². The Kier molecular flexibility index (Phi) is 35.3. The first-order valence-corrected chi connectivity index (χ1v) is 19.8. The number of amides is 1. The van der Waals surface area contributed by atoms with Gasteiger partial charge in [-0.1, -0.05) is 166 Å². The molecule has 0 heterocycles. The lowest BCUT2D eigenvalue weighted by Gasteiger charge is -2.20. The van der Waals surface area contributed by atoms with Crippen LogP contribution in [0.5, 0.6) is 0 Å². The molecule has 0 aromatic carbocycles. The summed E-state index contributed by atoms with van der Waals surface area (Å²) < 4.78 is 0. The molecule has 0 aliphatic heterocycles. The van der Waals surface area contributed by atoms with Gasteiger partial charge in [0.2, 0.25) is 5.91 Å². The van der Waals surface area contributed by atoms with Gasteiger partial charge in [0, 0.05) is 0 Å². The molecule has 0 bridgehead atoms. The maximum absolute atomic E-state index is 12.4. The summed E-state index contributed by atoms with van der Waals surface area (Å²) in [7, 11) is 0. The number of nitrogens with one attached hydrogen (secondary N) is 1. The van der Waals surface area contributed by atoms with Crippen molar-refractivity contribution in [3.63, 3.8) is 0 Å². The molecule has 1 amide bonds. The number of allylic oxidation sites excluding steroid dienone is 5. The van der Waals surface area contributed by atoms with E-state index in [-0.39, 0.29) is 18.9 Å². The summed E-state index contributed by atoms with van der Waals surface area (Å²) in [6.07, 6.45) is 44.2. The van der Waals surface area contributed by atoms with Gasteiger partial charge in [-0.05, 0) is 57.8 Å². The van der Waals surface area contributed by atoms with Gasteiger partial charge in [-0.2, -0.15) is 0 Å². The minimum atomic E-state index is -0.952. The van der Waals surface area contributed by atoms with Gasteiger partial charge in [0.15, 0.2) is 0 Å². The van der Waals surface area contributed by atoms with Gasteiger partial charge in [-0.25, -0.2) is 0 Å². The van der Waals surface area contributed by atoms with E-state index in [0.717, 1.165) is 44.9 Å². The molecule has 0 fully saturated rings. The third-order valence-corrected chi connectivity index (χ3v) is 8.90. The van der Waals surface area contributed by atoms with E-state index in [4.69, 9.17) is 0 Å². The standard InChI is InChI=1S/C41H77NO4/c1-3-5-7-9-11-13-15-17-18-19-20-21-23-25-27-29-31-33-35-40(45)39(37-43)42-41(46)36-38(44)34-32-30-28-26-24-22-16-14-12-10-8-6-4-2/h14,16,25,27,33,35,38-40,43-45H,3-13,15,17-24,26,28-32,34,36-37H2,1-2H3,(H,42,46)/b16-14-,27-25+,35-33+. The lowest BCUT2D eigenvalue weighted by Crippen LogP contribution is -2.45. The first-order chi connectivity index (χ1) is 22.5. The Morgan fingerprint density at radius 2 is 0.935 bits per heavy atom. The van der Waals surface area contributed by atoms with Gasteiger partial charge in [0.1, 0.15) is 0 Å². The van der Waals surface area contributed by atoms with Crippen LogP contribution >= 0.6 is 0 Å². The summed E-state index contributed by atoms with van der Waals surface area (Å²) >= 11 is 0. The van der Waals surface area contributed by atoms with Crippen molar-refractivity contribution >= 4 is 5.91 Å². The fourth-order valence-corrected chi connectivity index (χ4v) is 5.82. The van der Waals surface area contributed by atoms with Crippen molar-refractivity contribution < 1.29 is 20.1 Å². The Hall–Kier alpha value is -1.43. The summed E-state index contributed by atoms with van der Waals surface area (Å²) in [6, 6.07) is -0.761. The molecule has 0 radical (unpaired) electrons. The molecule has 0 aromatic rings. The van der Waals surface area contributed by atoms with E-state index in [1.54, 1.807) is 6.08 Å². The molecular weight excluding hydrogens is 570 g/mol. The molecule has 0 saturated heterocycles. The molecule has 0 rings (SSSR count). The van der Waals surface area contributed by atoms with E-state index in [1.807, 2.05) is 6.08 Å². The van der Waals surface area contributed by atoms with E-state index in [1.165, 1.54) is 122 Å². The minimum absolute atomic E-state index is 0.0000264. The normalized spacial score (nSPS) is 14.1. The highest BCUT2D eigenvalue weighted by Crippen LogP contribution is 2.14. The quantitative estimate of drug-likeness (QED) is 0.0407. The average molecular weight is 648 g/mol. The second-order valence-electron chi connectivity index (χ2n) is 13.5. The van der Waals surface area contributed by atoms with Crippen LogP contribution in [-0.4, -0.2) is 46.1 Å². The Labute approximate surface area is 285 Å². The predicted molar refractivity (Wildman–Crippen MR) is 199 cm³/mol. The van der Waals surface area contributed by atoms with E-state index in [0.29, 0.717) is 6.42 Å². The van der Waals surface area contributed by atoms with Crippen LogP contribution in [-0.2, 0) is 4.79 Å². The van der Waals surface area contributed by atoms with Crippen LogP contribution in [0.25, 0.3) is 0 Å². The fourth-order valence-electron chi connectivity index (χ4n) is 5.82. The molecule has 0 spiro atoms. The topological polar surface area (TPSA) is 89.8 Å². The Bertz CT molecular complexity index is 719. The van der Waals surface area contributed by atoms with Crippen LogP contribution in [0.1, 0.15) is 194 Å². The first kappa shape index (κ1) is 44.6. The van der Waals surface area contributed by atoms with Crippen LogP contribution < -0.4 is 5.32 Å². The number of hydrogen-bond acceptors (Lipinski definition) is 4. The fraction of sp³-hybridized carbons (Fsp3) is 0.829. The monoisotopic (exact) mass is 648 g/mol. The number of carbonyl (C=O) groups excluding carboxylic acids is 1. The van der Waals surface area contributed by atoms with Crippen molar-refractivity contribution in [2.75, 3.05) is 6.61 Å². The van der Waals surface area contributed by atoms with E-state index in [9.17, 15) is 20.1 Å². The predicted octanol–water partition coefficient (Wildman–Crippen LogP) is 10.8. The van der Waals surface area contributed by atoms with Gasteiger partial charge < -0.3 is 20.6 Å². The zero-order valence-corrected chi connectivity index (χ0v) is 30.5. The van der Waals surface area contributed by atoms with Crippen molar-refractivity contribution in [3.05, 3.63) is 36.5 Å². The summed E-state index contributed by atoms with van der Waals surface area (Å²) in [5.41, 5.74) is 0. The molecule has 5 nitrogen and oxygen atoms in total. The van der Waals surface area contributed by atoms with Crippen LogP contribution in [0.2, 0.25) is 0 Å². The van der Waals surface area contributed by atoms with Crippen LogP contribution in [0.15, 0.2) is 36.5 Å². The van der Waals surface area contributed by atoms with E-state index < -0.39 is 18.2 Å². The molecule has 270 valence electrons. The smallest absolute Gasteiger partial charge is 0.222 e. The van der Waals surface area contributed by atoms with Gasteiger partial charge in [0.25, 0.3) is 0 Å². The number of carbonyl (C=O) groups is 1. The summed E-state index contributed by atoms with van der Waals surface area (Å²) in [6.45, 7) is 4.17. The van der Waals surface area contributed by atoms with Crippen LogP contribution in [0.4, 0.5) is 0 Å². The van der Waals surface area contributed by atoms with Crippen LogP contribution in [0, 0.1) is 0 Å². The number of unbranched alkanes of at least 4 members (excludes halogenated alkanes) is 22. The Morgan fingerprint density at radius 3 is 1.41 bits per heavy atom. The van der Waals surface area contributed by atoms with Gasteiger partial charge in [-0.15, -0.1) is 0 Å². The highest BCUT2D eigenvalue weighted by atomic mass is 16.3. The molecule has 4 N–H and O–H groups in total. The number of hydrogen-bond donors (Lipinski definition) is 4. The maximum Gasteiger partial charge on any atom is 0.222 e. The van der Waals surface area contributed by atoms with E-state index >= 15 is 0 Å². The third kappa shape index (κ3) is 32.5. The lowest BCUT2D eigenvalue weighted by molar-refractivity contribution is -0.124. The Balaban J connectivity index is 3.77. The molecular formula is C41H77NO4. The van der Waals surface area contributed by atoms with Gasteiger partial charge >= 0.3 is 0 Å². The second kappa shape index (κ2) is 36.4. The van der Waals surface area contributed by atoms with Crippen molar-refractivity contribution in [1.29, 1.82) is 0 Å². The van der Waals surface area contributed by atoms with Crippen LogP contribution in [0.3, 0.4) is 0 Å². The first-order valence-electron chi connectivity index (χ1n) is 19.8. The van der Waals surface area contributed by atoms with Crippen molar-refractivity contribution in [2.24, 2.45) is 0 Å². The van der Waals surface area contributed by atoms with Crippen molar-refractivity contribution in [2.45, 2.75) is 212 Å². The molecule has 46 heavy (non-hydrogen) atoms. The molecule has 0 aliphatic carbocycles. The molecule has 0 aromatic heterocycles. The minimum Gasteiger partial charge on any atom is -0.394 e. The van der Waals surface area contributed by atoms with Gasteiger partial charge in [0.05, 0.1) is 31.3 Å². The molecule has 3 atom stereocenters. The summed E-state index contributed by atoms with van der Waals surface area (Å²) in [5.74, 6) is -0.332. The summed E-state index contributed by atoms with van der Waals surface area (Å²) in [4.78, 5) is 12.4. The average Bonchev–Trinajstić information content (AvgIpc) is 3.05. The maximum atomic E-state index is 12.4. The SMILES string of the molecule is CCCCCC/C=C\CCCCCCCC(O)CC(=O)NC(CO)C(O)/C=C/CC/C=C/CCCCCCCCCCCCCC. The molecule has 0 aliphatic rings. The number of aliphatic hydroxyl groups excluding tert-OH is 3. The van der Waals surface area contributed by atoms with E-state index in [2.05, 4.69) is 43.5 Å². The zero-order chi connectivity index (χ0) is 33.8. The lowest BCUT2D eigenvalue weighted by atomic mass is 10.0. The molecule has 0 saturated carbocycles. The second-order valence-corrected chi connectivity index (χ2v) is 13.5. The molecule has 5 heteroatoms. The van der Waals surface area contributed by atoms with Crippen molar-refractivity contribution in [1.82, 2.24) is 5.32 Å². The van der Waals surface area contributed by atoms with Crippen molar-refractivity contribution in [3.8, 4) is 0 Å². The number of rotatable bonds is 35. The summed E-state index contributed by atoms with van der Waals surface area (Å²) in [5, 5.41) is 33.1.